The molecule has 0 unspecified atom stereocenters. The highest BCUT2D eigenvalue weighted by atomic mass is 16.6. The molecule has 0 aromatic carbocycles. The van der Waals surface area contributed by atoms with E-state index in [4.69, 9.17) is 14.2 Å². The molecule has 3 atom stereocenters. The molecule has 0 aromatic rings. The van der Waals surface area contributed by atoms with Gasteiger partial charge in [-0.05, 0) is 0 Å². The minimum Gasteiger partial charge on any atom is -0.462 e. The number of carbonyl (C=O) groups is 4. The average molecular weight is 301 g/mol. The third-order valence-electron chi connectivity index (χ3n) is 2.91. The van der Waals surface area contributed by atoms with Crippen molar-refractivity contribution in [1.82, 2.24) is 5.32 Å². The number of hydrogen-bond donors (Lipinski definition) is 1. The van der Waals surface area contributed by atoms with Crippen LogP contribution in [0.1, 0.15) is 27.2 Å². The number of rotatable bonds is 6. The monoisotopic (exact) mass is 301 g/mol. The summed E-state index contributed by atoms with van der Waals surface area (Å²) in [5, 5.41) is 2.62. The lowest BCUT2D eigenvalue weighted by atomic mass is 9.96. The van der Waals surface area contributed by atoms with Gasteiger partial charge in [-0.25, -0.2) is 0 Å². The number of ether oxygens (including phenoxy) is 3. The van der Waals surface area contributed by atoms with Crippen LogP contribution in [0.5, 0.6) is 0 Å². The van der Waals surface area contributed by atoms with Crippen LogP contribution >= 0.6 is 0 Å². The van der Waals surface area contributed by atoms with E-state index in [0.29, 0.717) is 6.54 Å². The van der Waals surface area contributed by atoms with Crippen molar-refractivity contribution in [3.63, 3.8) is 0 Å². The molecule has 1 aliphatic rings. The first-order chi connectivity index (χ1) is 9.79. The molecule has 0 spiro atoms. The van der Waals surface area contributed by atoms with E-state index >= 15 is 0 Å². The van der Waals surface area contributed by atoms with Gasteiger partial charge in [0.2, 0.25) is 5.91 Å². The summed E-state index contributed by atoms with van der Waals surface area (Å²) in [5.41, 5.74) is 0. The second-order valence-electron chi connectivity index (χ2n) is 4.79. The number of esters is 3. The van der Waals surface area contributed by atoms with Gasteiger partial charge in [-0.3, -0.25) is 19.2 Å². The van der Waals surface area contributed by atoms with Crippen molar-refractivity contribution >= 4 is 23.8 Å². The first-order valence-corrected chi connectivity index (χ1v) is 6.54. The molecular formula is C13H19NO7. The van der Waals surface area contributed by atoms with Gasteiger partial charge in [-0.2, -0.15) is 0 Å². The van der Waals surface area contributed by atoms with Crippen LogP contribution in [0.25, 0.3) is 0 Å². The van der Waals surface area contributed by atoms with Crippen molar-refractivity contribution in [3.05, 3.63) is 0 Å². The van der Waals surface area contributed by atoms with Gasteiger partial charge in [0.1, 0.15) is 12.7 Å². The fraction of sp³-hybridized carbons (Fsp3) is 0.692. The molecule has 1 amide bonds. The van der Waals surface area contributed by atoms with Crippen molar-refractivity contribution in [1.29, 1.82) is 0 Å². The highest BCUT2D eigenvalue weighted by molar-refractivity contribution is 5.78. The molecule has 118 valence electrons. The summed E-state index contributed by atoms with van der Waals surface area (Å²) in [5.74, 6) is -2.23. The molecule has 0 saturated carbocycles. The third-order valence-corrected chi connectivity index (χ3v) is 2.91. The lowest BCUT2D eigenvalue weighted by molar-refractivity contribution is -0.177. The molecule has 1 aliphatic heterocycles. The Hall–Kier alpha value is -2.12. The molecule has 1 N–H and O–H groups in total. The van der Waals surface area contributed by atoms with Gasteiger partial charge < -0.3 is 19.5 Å². The first-order valence-electron chi connectivity index (χ1n) is 6.54. The van der Waals surface area contributed by atoms with Gasteiger partial charge >= 0.3 is 17.9 Å². The fourth-order valence-electron chi connectivity index (χ4n) is 2.14. The molecule has 1 fully saturated rings. The van der Waals surface area contributed by atoms with Crippen LogP contribution in [0.15, 0.2) is 0 Å². The van der Waals surface area contributed by atoms with Crippen molar-refractivity contribution in [2.45, 2.75) is 39.4 Å². The van der Waals surface area contributed by atoms with Crippen LogP contribution in [-0.4, -0.2) is 49.2 Å². The van der Waals surface area contributed by atoms with Gasteiger partial charge in [0.05, 0.1) is 0 Å². The zero-order valence-electron chi connectivity index (χ0n) is 12.2. The predicted molar refractivity (Wildman–Crippen MR) is 68.9 cm³/mol. The number of hydrogen-bond acceptors (Lipinski definition) is 7. The smallest absolute Gasteiger partial charge is 0.303 e. The van der Waals surface area contributed by atoms with Crippen molar-refractivity contribution in [2.24, 2.45) is 5.92 Å². The minimum atomic E-state index is -0.951. The predicted octanol–water partition coefficient (Wildman–Crippen LogP) is -0.451. The summed E-state index contributed by atoms with van der Waals surface area (Å²) >= 11 is 0. The first kappa shape index (κ1) is 16.9. The second kappa shape index (κ2) is 7.61. The summed E-state index contributed by atoms with van der Waals surface area (Å²) < 4.78 is 15.1. The summed E-state index contributed by atoms with van der Waals surface area (Å²) in [4.78, 5) is 44.7. The van der Waals surface area contributed by atoms with Gasteiger partial charge in [0.15, 0.2) is 6.10 Å². The van der Waals surface area contributed by atoms with Crippen LogP contribution < -0.4 is 5.32 Å². The largest absolute Gasteiger partial charge is 0.462 e. The van der Waals surface area contributed by atoms with Crippen molar-refractivity contribution < 1.29 is 33.4 Å². The molecule has 1 rings (SSSR count). The maximum atomic E-state index is 11.3. The maximum Gasteiger partial charge on any atom is 0.303 e. The molecule has 1 saturated heterocycles. The van der Waals surface area contributed by atoms with Crippen LogP contribution in [0.3, 0.4) is 0 Å². The molecule has 0 aliphatic carbocycles. The van der Waals surface area contributed by atoms with Crippen molar-refractivity contribution in [3.8, 4) is 0 Å². The van der Waals surface area contributed by atoms with E-state index in [2.05, 4.69) is 5.32 Å². The zero-order chi connectivity index (χ0) is 16.0. The second-order valence-corrected chi connectivity index (χ2v) is 4.79. The summed E-state index contributed by atoms with van der Waals surface area (Å²) in [6, 6.07) is 0. The molecule has 0 aromatic heterocycles. The van der Waals surface area contributed by atoms with Gasteiger partial charge in [-0.1, -0.05) is 0 Å². The summed E-state index contributed by atoms with van der Waals surface area (Å²) in [7, 11) is 0. The van der Waals surface area contributed by atoms with Gasteiger partial charge in [0.25, 0.3) is 0 Å². The highest BCUT2D eigenvalue weighted by Gasteiger charge is 2.39. The van der Waals surface area contributed by atoms with Crippen LogP contribution in [-0.2, 0) is 33.4 Å². The number of nitrogens with one attached hydrogen (secondary N) is 1. The molecule has 8 nitrogen and oxygen atoms in total. The summed E-state index contributed by atoms with van der Waals surface area (Å²) in [6.07, 6.45) is -1.66. The maximum absolute atomic E-state index is 11.3. The third kappa shape index (κ3) is 5.80. The Morgan fingerprint density at radius 2 is 1.76 bits per heavy atom. The number of carbonyl (C=O) groups excluding carboxylic acids is 4. The van der Waals surface area contributed by atoms with Crippen LogP contribution in [0.4, 0.5) is 0 Å². The highest BCUT2D eigenvalue weighted by Crippen LogP contribution is 2.22. The zero-order valence-corrected chi connectivity index (χ0v) is 12.2. The molecule has 0 radical (unpaired) electrons. The molecular weight excluding hydrogens is 282 g/mol. The molecule has 21 heavy (non-hydrogen) atoms. The minimum absolute atomic E-state index is 0.149. The van der Waals surface area contributed by atoms with E-state index in [1.54, 1.807) is 0 Å². The van der Waals surface area contributed by atoms with Gasteiger partial charge in [-0.15, -0.1) is 0 Å². The Morgan fingerprint density at radius 3 is 2.19 bits per heavy atom. The fourth-order valence-corrected chi connectivity index (χ4v) is 2.14. The van der Waals surface area contributed by atoms with Crippen molar-refractivity contribution in [2.75, 3.05) is 13.2 Å². The Kier molecular flexibility index (Phi) is 6.13. The van der Waals surface area contributed by atoms with Crippen LogP contribution in [0.2, 0.25) is 0 Å². The molecule has 1 heterocycles. The summed E-state index contributed by atoms with van der Waals surface area (Å²) in [6.45, 7) is 3.69. The number of amides is 1. The van der Waals surface area contributed by atoms with E-state index in [0.717, 1.165) is 0 Å². The Balaban J connectivity index is 2.86. The van der Waals surface area contributed by atoms with Gasteiger partial charge in [0, 0.05) is 39.7 Å². The van der Waals surface area contributed by atoms with Crippen LogP contribution in [0, 0.1) is 5.92 Å². The topological polar surface area (TPSA) is 108 Å². The van der Waals surface area contributed by atoms with E-state index in [9.17, 15) is 19.2 Å². The van der Waals surface area contributed by atoms with E-state index in [1.807, 2.05) is 0 Å². The SMILES string of the molecule is CC(=O)OC[C@@H](OC(C)=O)[C@@H](OC(C)=O)[C@@H]1CNC(=O)C1. The van der Waals surface area contributed by atoms with E-state index in [-0.39, 0.29) is 24.9 Å². The Morgan fingerprint density at radius 1 is 1.14 bits per heavy atom. The molecule has 0 bridgehead atoms. The quantitative estimate of drug-likeness (QED) is 0.523. The standard InChI is InChI=1S/C13H19NO7/c1-7(15)19-6-11(20-8(2)16)13(21-9(3)17)10-4-12(18)14-5-10/h10-11,13H,4-6H2,1-3H3,(H,14,18)/t10-,11+,13-/m0/s1. The van der Waals surface area contributed by atoms with E-state index < -0.39 is 30.1 Å². The Labute approximate surface area is 122 Å². The lowest BCUT2D eigenvalue weighted by Gasteiger charge is -2.29. The normalized spacial score (nSPS) is 20.1. The average Bonchev–Trinajstić information content (AvgIpc) is 2.77. The lowest BCUT2D eigenvalue weighted by Crippen LogP contribution is -2.43. The van der Waals surface area contributed by atoms with E-state index in [1.165, 1.54) is 20.8 Å². The molecule has 8 heteroatoms. The Bertz CT molecular complexity index is 434.